The summed E-state index contributed by atoms with van der Waals surface area (Å²) in [6.07, 6.45) is 0. The number of rotatable bonds is 5. The molecule has 0 saturated carbocycles. The Morgan fingerprint density at radius 2 is 2.00 bits per heavy atom. The van der Waals surface area contributed by atoms with Crippen LogP contribution in [-0.2, 0) is 4.79 Å². The summed E-state index contributed by atoms with van der Waals surface area (Å²) in [5.41, 5.74) is 1.36. The minimum atomic E-state index is -0.345. The lowest BCUT2D eigenvalue weighted by Gasteiger charge is -2.26. The molecule has 0 unspecified atom stereocenters. The first-order valence-corrected chi connectivity index (χ1v) is 8.90. The molecule has 0 fully saturated rings. The minimum absolute atomic E-state index is 0.0913. The average molecular weight is 379 g/mol. The van der Waals surface area contributed by atoms with Crippen LogP contribution in [0.1, 0.15) is 13.8 Å². The van der Waals surface area contributed by atoms with Crippen LogP contribution in [0.3, 0.4) is 0 Å². The molecule has 1 aromatic heterocycles. The normalized spacial score (nSPS) is 11.1. The number of hydrogen-bond acceptors (Lipinski definition) is 4. The van der Waals surface area contributed by atoms with Gasteiger partial charge in [-0.15, -0.1) is 0 Å². The van der Waals surface area contributed by atoms with Crippen molar-refractivity contribution in [1.82, 2.24) is 4.98 Å². The van der Waals surface area contributed by atoms with Crippen molar-refractivity contribution in [1.29, 1.82) is 0 Å². The molecule has 0 bridgehead atoms. The predicted octanol–water partition coefficient (Wildman–Crippen LogP) is 4.91. The summed E-state index contributed by atoms with van der Waals surface area (Å²) in [5.74, 6) is -0.575. The van der Waals surface area contributed by atoms with Gasteiger partial charge in [-0.25, -0.2) is 9.37 Å². The molecular weight excluding hydrogens is 363 g/mol. The molecule has 0 aliphatic carbocycles. The van der Waals surface area contributed by atoms with Crippen molar-refractivity contribution in [2.24, 2.45) is 0 Å². The molecule has 130 valence electrons. The van der Waals surface area contributed by atoms with Gasteiger partial charge in [0.2, 0.25) is 0 Å². The van der Waals surface area contributed by atoms with Gasteiger partial charge in [0, 0.05) is 11.7 Å². The molecule has 4 nitrogen and oxygen atoms in total. The molecule has 1 heterocycles. The number of thiazole rings is 1. The molecule has 3 aromatic rings. The van der Waals surface area contributed by atoms with E-state index >= 15 is 0 Å². The number of fused-ring (bicyclic) bond motifs is 1. The summed E-state index contributed by atoms with van der Waals surface area (Å²) in [7, 11) is 0. The van der Waals surface area contributed by atoms with Gasteiger partial charge in [-0.3, -0.25) is 4.79 Å². The zero-order valence-electron chi connectivity index (χ0n) is 13.7. The fraction of sp³-hybridized carbons (Fsp3) is 0.222. The van der Waals surface area contributed by atoms with Gasteiger partial charge >= 0.3 is 0 Å². The van der Waals surface area contributed by atoms with Crippen molar-refractivity contribution >= 4 is 44.7 Å². The number of hydrogen-bond donors (Lipinski definition) is 0. The number of benzene rings is 2. The molecule has 7 heteroatoms. The van der Waals surface area contributed by atoms with Gasteiger partial charge in [0.15, 0.2) is 6.61 Å². The number of carbonyl (C=O) groups excluding carboxylic acids is 1. The van der Waals surface area contributed by atoms with E-state index in [0.717, 1.165) is 10.2 Å². The lowest BCUT2D eigenvalue weighted by Crippen LogP contribution is -2.40. The van der Waals surface area contributed by atoms with Gasteiger partial charge in [-0.1, -0.05) is 29.0 Å². The molecule has 0 saturated heterocycles. The SMILES string of the molecule is CC(C)N(C(=O)COc1nc2cccc(Cl)c2s1)c1ccc(F)cc1. The third-order valence-corrected chi connectivity index (χ3v) is 5.00. The van der Waals surface area contributed by atoms with E-state index in [2.05, 4.69) is 4.98 Å². The zero-order valence-corrected chi connectivity index (χ0v) is 15.3. The quantitative estimate of drug-likeness (QED) is 0.633. The van der Waals surface area contributed by atoms with Crippen molar-refractivity contribution in [3.8, 4) is 5.19 Å². The van der Waals surface area contributed by atoms with Crippen molar-refractivity contribution in [3.63, 3.8) is 0 Å². The van der Waals surface area contributed by atoms with Crippen LogP contribution in [0.2, 0.25) is 5.02 Å². The molecule has 0 atom stereocenters. The highest BCUT2D eigenvalue weighted by molar-refractivity contribution is 7.20. The maximum atomic E-state index is 13.1. The van der Waals surface area contributed by atoms with E-state index in [0.29, 0.717) is 15.9 Å². The van der Waals surface area contributed by atoms with Crippen LogP contribution < -0.4 is 9.64 Å². The standard InChI is InChI=1S/C18H16ClFN2O2S/c1-11(2)22(13-8-6-12(20)7-9-13)16(23)10-24-18-21-15-5-3-4-14(19)17(15)25-18/h3-9,11H,10H2,1-2H3. The highest BCUT2D eigenvalue weighted by Crippen LogP contribution is 2.33. The Kier molecular flexibility index (Phi) is 5.20. The smallest absolute Gasteiger partial charge is 0.274 e. The van der Waals surface area contributed by atoms with E-state index < -0.39 is 0 Å². The molecule has 25 heavy (non-hydrogen) atoms. The molecule has 2 aromatic carbocycles. The van der Waals surface area contributed by atoms with Gasteiger partial charge in [0.25, 0.3) is 11.1 Å². The van der Waals surface area contributed by atoms with Gasteiger partial charge in [-0.05, 0) is 50.2 Å². The molecule has 1 amide bonds. The first-order chi connectivity index (χ1) is 12.0. The fourth-order valence-corrected chi connectivity index (χ4v) is 3.59. The molecule has 3 rings (SSSR count). The second-order valence-corrected chi connectivity index (χ2v) is 7.06. The van der Waals surface area contributed by atoms with Crippen LogP contribution >= 0.6 is 22.9 Å². The number of halogens is 2. The van der Waals surface area contributed by atoms with E-state index in [1.807, 2.05) is 26.0 Å². The van der Waals surface area contributed by atoms with E-state index in [-0.39, 0.29) is 24.4 Å². The molecule has 0 N–H and O–H groups in total. The van der Waals surface area contributed by atoms with E-state index in [4.69, 9.17) is 16.3 Å². The summed E-state index contributed by atoms with van der Waals surface area (Å²) < 4.78 is 19.5. The van der Waals surface area contributed by atoms with E-state index in [1.165, 1.54) is 23.5 Å². The first-order valence-electron chi connectivity index (χ1n) is 7.71. The van der Waals surface area contributed by atoms with Crippen LogP contribution in [0.5, 0.6) is 5.19 Å². The summed E-state index contributed by atoms with van der Waals surface area (Å²) in [5, 5.41) is 0.991. The van der Waals surface area contributed by atoms with Crippen LogP contribution in [0, 0.1) is 5.82 Å². The monoisotopic (exact) mass is 378 g/mol. The number of carbonyl (C=O) groups is 1. The van der Waals surface area contributed by atoms with E-state index in [9.17, 15) is 9.18 Å². The van der Waals surface area contributed by atoms with Gasteiger partial charge in [0.05, 0.1) is 15.2 Å². The summed E-state index contributed by atoms with van der Waals surface area (Å²) in [6, 6.07) is 11.1. The second kappa shape index (κ2) is 7.37. The second-order valence-electron chi connectivity index (χ2n) is 5.69. The van der Waals surface area contributed by atoms with Crippen LogP contribution in [0.15, 0.2) is 42.5 Å². The molecule has 0 aliphatic heterocycles. The zero-order chi connectivity index (χ0) is 18.0. The molecule has 0 radical (unpaired) electrons. The highest BCUT2D eigenvalue weighted by Gasteiger charge is 2.20. The van der Waals surface area contributed by atoms with E-state index in [1.54, 1.807) is 23.1 Å². The number of ether oxygens (including phenoxy) is 1. The average Bonchev–Trinajstić information content (AvgIpc) is 2.99. The maximum absolute atomic E-state index is 13.1. The minimum Gasteiger partial charge on any atom is -0.460 e. The van der Waals surface area contributed by atoms with Gasteiger partial charge in [0.1, 0.15) is 5.82 Å². The van der Waals surface area contributed by atoms with Gasteiger partial charge in [-0.2, -0.15) is 0 Å². The lowest BCUT2D eigenvalue weighted by molar-refractivity contribution is -0.120. The van der Waals surface area contributed by atoms with Gasteiger partial charge < -0.3 is 9.64 Å². The van der Waals surface area contributed by atoms with Crippen molar-refractivity contribution in [3.05, 3.63) is 53.3 Å². The summed E-state index contributed by atoms with van der Waals surface area (Å²) in [4.78, 5) is 18.5. The fourth-order valence-electron chi connectivity index (χ4n) is 2.48. The number of amides is 1. The largest absolute Gasteiger partial charge is 0.460 e. The Morgan fingerprint density at radius 1 is 1.28 bits per heavy atom. The van der Waals surface area contributed by atoms with Crippen LogP contribution in [-0.4, -0.2) is 23.5 Å². The predicted molar refractivity (Wildman–Crippen MR) is 99.1 cm³/mol. The van der Waals surface area contributed by atoms with Crippen LogP contribution in [0.25, 0.3) is 10.2 Å². The third-order valence-electron chi connectivity index (χ3n) is 3.56. The Morgan fingerprint density at radius 3 is 2.64 bits per heavy atom. The topological polar surface area (TPSA) is 42.4 Å². The van der Waals surface area contributed by atoms with Crippen molar-refractivity contribution < 1.29 is 13.9 Å². The lowest BCUT2D eigenvalue weighted by atomic mass is 10.2. The number of nitrogens with zero attached hydrogens (tertiary/aromatic N) is 2. The van der Waals surface area contributed by atoms with Crippen molar-refractivity contribution in [2.45, 2.75) is 19.9 Å². The maximum Gasteiger partial charge on any atom is 0.274 e. The van der Waals surface area contributed by atoms with Crippen LogP contribution in [0.4, 0.5) is 10.1 Å². The Labute approximate surface area is 153 Å². The third kappa shape index (κ3) is 3.91. The first kappa shape index (κ1) is 17.6. The Balaban J connectivity index is 1.74. The number of anilines is 1. The highest BCUT2D eigenvalue weighted by atomic mass is 35.5. The summed E-state index contributed by atoms with van der Waals surface area (Å²) >= 11 is 7.43. The molecule has 0 spiro atoms. The Hall–Kier alpha value is -2.18. The van der Waals surface area contributed by atoms with Crippen molar-refractivity contribution in [2.75, 3.05) is 11.5 Å². The number of aromatic nitrogens is 1. The molecule has 0 aliphatic rings. The molecular formula is C18H16ClFN2O2S. The Bertz CT molecular complexity index is 896. The summed E-state index contributed by atoms with van der Waals surface area (Å²) in [6.45, 7) is 3.62.